The molecule has 0 saturated heterocycles. The van der Waals surface area contributed by atoms with Crippen LogP contribution in [0.4, 0.5) is 0 Å². The van der Waals surface area contributed by atoms with Crippen LogP contribution in [0.25, 0.3) is 0 Å². The Morgan fingerprint density at radius 1 is 1.41 bits per heavy atom. The Morgan fingerprint density at radius 2 is 2.18 bits per heavy atom. The number of hydrogen-bond acceptors (Lipinski definition) is 3. The molecule has 1 atom stereocenters. The zero-order chi connectivity index (χ0) is 12.3. The molecule has 2 aromatic rings. The fourth-order valence-electron chi connectivity index (χ4n) is 1.57. The molecule has 0 amide bonds. The summed E-state index contributed by atoms with van der Waals surface area (Å²) in [6.45, 7) is 0. The van der Waals surface area contributed by atoms with Crippen LogP contribution < -0.4 is 5.73 Å². The maximum absolute atomic E-state index is 6.11. The van der Waals surface area contributed by atoms with Gasteiger partial charge in [-0.15, -0.1) is 11.8 Å². The molecule has 0 saturated carbocycles. The van der Waals surface area contributed by atoms with E-state index in [-0.39, 0.29) is 6.04 Å². The molecular formula is C12H14ClN3S. The summed E-state index contributed by atoms with van der Waals surface area (Å²) in [5, 5.41) is 4.88. The molecule has 5 heteroatoms. The van der Waals surface area contributed by atoms with Crippen molar-refractivity contribution in [2.75, 3.05) is 5.75 Å². The summed E-state index contributed by atoms with van der Waals surface area (Å²) in [6.07, 6.45) is 1.76. The van der Waals surface area contributed by atoms with Crippen molar-refractivity contribution in [2.24, 2.45) is 12.8 Å². The third-order valence-corrected chi connectivity index (χ3v) is 4.13. The fraction of sp³-hybridized carbons (Fsp3) is 0.250. The molecule has 0 aliphatic heterocycles. The van der Waals surface area contributed by atoms with Crippen molar-refractivity contribution in [1.29, 1.82) is 0 Å². The topological polar surface area (TPSA) is 43.8 Å². The summed E-state index contributed by atoms with van der Waals surface area (Å²) in [6, 6.07) is 9.70. The van der Waals surface area contributed by atoms with Gasteiger partial charge in [-0.25, -0.2) is 0 Å². The molecule has 17 heavy (non-hydrogen) atoms. The number of nitrogens with zero attached hydrogens (tertiary/aromatic N) is 2. The molecule has 0 bridgehead atoms. The van der Waals surface area contributed by atoms with Gasteiger partial charge >= 0.3 is 0 Å². The van der Waals surface area contributed by atoms with Crippen LogP contribution in [0.2, 0.25) is 5.02 Å². The fourth-order valence-corrected chi connectivity index (χ4v) is 2.78. The maximum Gasteiger partial charge on any atom is 0.0562 e. The monoisotopic (exact) mass is 267 g/mol. The highest BCUT2D eigenvalue weighted by atomic mass is 35.5. The van der Waals surface area contributed by atoms with E-state index in [9.17, 15) is 0 Å². The van der Waals surface area contributed by atoms with Crippen molar-refractivity contribution in [1.82, 2.24) is 9.78 Å². The lowest BCUT2D eigenvalue weighted by Crippen LogP contribution is -2.16. The molecular weight excluding hydrogens is 254 g/mol. The number of aromatic nitrogens is 2. The quantitative estimate of drug-likeness (QED) is 0.867. The number of thioether (sulfide) groups is 1. The van der Waals surface area contributed by atoms with E-state index in [1.54, 1.807) is 22.6 Å². The molecule has 3 nitrogen and oxygen atoms in total. The van der Waals surface area contributed by atoms with E-state index < -0.39 is 0 Å². The van der Waals surface area contributed by atoms with Crippen LogP contribution in [0, 0.1) is 0 Å². The number of nitrogens with two attached hydrogens (primary N) is 1. The van der Waals surface area contributed by atoms with E-state index in [0.29, 0.717) is 0 Å². The summed E-state index contributed by atoms with van der Waals surface area (Å²) >= 11 is 7.75. The Morgan fingerprint density at radius 3 is 2.82 bits per heavy atom. The lowest BCUT2D eigenvalue weighted by molar-refractivity contribution is 0.659. The number of hydrogen-bond donors (Lipinski definition) is 1. The Bertz CT molecular complexity index is 498. The van der Waals surface area contributed by atoms with E-state index in [1.165, 1.54) is 0 Å². The molecule has 90 valence electrons. The summed E-state index contributed by atoms with van der Waals surface area (Å²) in [4.78, 5) is 1.06. The summed E-state index contributed by atoms with van der Waals surface area (Å²) in [5.41, 5.74) is 7.15. The SMILES string of the molecule is Cn1nccc1C(N)CSc1ccccc1Cl. The minimum absolute atomic E-state index is 0.0382. The van der Waals surface area contributed by atoms with Crippen molar-refractivity contribution < 1.29 is 0 Å². The molecule has 2 rings (SSSR count). The molecule has 1 heterocycles. The third-order valence-electron chi connectivity index (χ3n) is 2.49. The van der Waals surface area contributed by atoms with E-state index in [4.69, 9.17) is 17.3 Å². The van der Waals surface area contributed by atoms with Gasteiger partial charge in [-0.1, -0.05) is 23.7 Å². The van der Waals surface area contributed by atoms with Crippen LogP contribution in [0.5, 0.6) is 0 Å². The van der Waals surface area contributed by atoms with Crippen LogP contribution in [-0.2, 0) is 7.05 Å². The molecule has 1 aromatic heterocycles. The first kappa shape index (κ1) is 12.5. The van der Waals surface area contributed by atoms with E-state index in [2.05, 4.69) is 5.10 Å². The van der Waals surface area contributed by atoms with Crippen LogP contribution >= 0.6 is 23.4 Å². The molecule has 0 spiro atoms. The number of benzene rings is 1. The number of halogens is 1. The molecule has 0 fully saturated rings. The first-order chi connectivity index (χ1) is 8.18. The minimum atomic E-state index is -0.0382. The first-order valence-electron chi connectivity index (χ1n) is 5.29. The van der Waals surface area contributed by atoms with E-state index >= 15 is 0 Å². The highest BCUT2D eigenvalue weighted by Crippen LogP contribution is 2.29. The molecule has 1 aromatic carbocycles. The summed E-state index contributed by atoms with van der Waals surface area (Å²) in [5.74, 6) is 0.781. The minimum Gasteiger partial charge on any atom is -0.322 e. The third kappa shape index (κ3) is 3.03. The van der Waals surface area contributed by atoms with Crippen molar-refractivity contribution in [3.05, 3.63) is 47.2 Å². The molecule has 0 aliphatic carbocycles. The standard InChI is InChI=1S/C12H14ClN3S/c1-16-11(6-7-15-16)10(14)8-17-12-5-3-2-4-9(12)13/h2-7,10H,8,14H2,1H3. The van der Waals surface area contributed by atoms with Crippen LogP contribution in [0.15, 0.2) is 41.4 Å². The average Bonchev–Trinajstić information content (AvgIpc) is 2.74. The largest absolute Gasteiger partial charge is 0.322 e. The normalized spacial score (nSPS) is 12.6. The van der Waals surface area contributed by atoms with Crippen molar-refractivity contribution in [3.8, 4) is 0 Å². The number of aryl methyl sites for hydroxylation is 1. The van der Waals surface area contributed by atoms with Crippen LogP contribution in [0.3, 0.4) is 0 Å². The van der Waals surface area contributed by atoms with Gasteiger partial charge in [-0.2, -0.15) is 5.10 Å². The Hall–Kier alpha value is -0.970. The van der Waals surface area contributed by atoms with Gasteiger partial charge in [-0.3, -0.25) is 4.68 Å². The lowest BCUT2D eigenvalue weighted by atomic mass is 10.2. The Kier molecular flexibility index (Phi) is 4.10. The van der Waals surface area contributed by atoms with Crippen molar-refractivity contribution in [3.63, 3.8) is 0 Å². The maximum atomic E-state index is 6.11. The van der Waals surface area contributed by atoms with Crippen LogP contribution in [-0.4, -0.2) is 15.5 Å². The van der Waals surface area contributed by atoms with E-state index in [0.717, 1.165) is 21.4 Å². The van der Waals surface area contributed by atoms with E-state index in [1.807, 2.05) is 37.4 Å². The predicted molar refractivity (Wildman–Crippen MR) is 72.3 cm³/mol. The molecule has 0 aliphatic rings. The average molecular weight is 268 g/mol. The van der Waals surface area contributed by atoms with Gasteiger partial charge < -0.3 is 5.73 Å². The van der Waals surface area contributed by atoms with Crippen LogP contribution in [0.1, 0.15) is 11.7 Å². The van der Waals surface area contributed by atoms with Gasteiger partial charge in [0.05, 0.1) is 16.8 Å². The molecule has 0 radical (unpaired) electrons. The molecule has 1 unspecified atom stereocenters. The molecule has 2 N–H and O–H groups in total. The summed E-state index contributed by atoms with van der Waals surface area (Å²) < 4.78 is 1.80. The van der Waals surface area contributed by atoms with Gasteiger partial charge in [0.1, 0.15) is 0 Å². The van der Waals surface area contributed by atoms with Gasteiger partial charge in [0.15, 0.2) is 0 Å². The summed E-state index contributed by atoms with van der Waals surface area (Å²) in [7, 11) is 1.90. The van der Waals surface area contributed by atoms with Gasteiger partial charge in [0, 0.05) is 23.9 Å². The smallest absolute Gasteiger partial charge is 0.0562 e. The van der Waals surface area contributed by atoms with Crippen molar-refractivity contribution in [2.45, 2.75) is 10.9 Å². The zero-order valence-corrected chi connectivity index (χ0v) is 11.1. The lowest BCUT2D eigenvalue weighted by Gasteiger charge is -2.12. The highest BCUT2D eigenvalue weighted by Gasteiger charge is 2.11. The highest BCUT2D eigenvalue weighted by molar-refractivity contribution is 7.99. The van der Waals surface area contributed by atoms with Crippen molar-refractivity contribution >= 4 is 23.4 Å². The Labute approximate surface area is 110 Å². The van der Waals surface area contributed by atoms with Gasteiger partial charge in [0.2, 0.25) is 0 Å². The number of rotatable bonds is 4. The first-order valence-corrected chi connectivity index (χ1v) is 6.65. The zero-order valence-electron chi connectivity index (χ0n) is 9.51. The second kappa shape index (κ2) is 5.58. The van der Waals surface area contributed by atoms with Gasteiger partial charge in [0.25, 0.3) is 0 Å². The second-order valence-corrected chi connectivity index (χ2v) is 5.20. The second-order valence-electron chi connectivity index (χ2n) is 3.73. The predicted octanol–water partition coefficient (Wildman–Crippen LogP) is 2.87. The van der Waals surface area contributed by atoms with Gasteiger partial charge in [-0.05, 0) is 18.2 Å². The Balaban J connectivity index is 2.00.